The summed E-state index contributed by atoms with van der Waals surface area (Å²) >= 11 is 0. The molecule has 1 unspecified atom stereocenters. The van der Waals surface area contributed by atoms with Crippen LogP contribution in [0.25, 0.3) is 0 Å². The van der Waals surface area contributed by atoms with Crippen molar-refractivity contribution in [2.75, 3.05) is 39.3 Å². The number of rotatable bonds is 4. The maximum absolute atomic E-state index is 12.0. The molecule has 0 bridgehead atoms. The Balaban J connectivity index is 2.22. The van der Waals surface area contributed by atoms with Gasteiger partial charge in [-0.3, -0.25) is 4.90 Å². The number of hydrogen-bond donors (Lipinski definition) is 1. The molecule has 3 nitrogen and oxygen atoms in total. The number of piperazine rings is 1. The van der Waals surface area contributed by atoms with Crippen molar-refractivity contribution in [1.29, 1.82) is 0 Å². The minimum absolute atomic E-state index is 0.119. The van der Waals surface area contributed by atoms with E-state index in [2.05, 4.69) is 4.90 Å². The zero-order valence-electron chi connectivity index (χ0n) is 9.63. The third kappa shape index (κ3) is 4.67. The number of halogens is 3. The lowest BCUT2D eigenvalue weighted by atomic mass is 10.2. The molecule has 0 amide bonds. The Bertz CT molecular complexity index is 200. The van der Waals surface area contributed by atoms with Gasteiger partial charge < -0.3 is 10.6 Å². The van der Waals surface area contributed by atoms with E-state index in [0.717, 1.165) is 13.1 Å². The van der Waals surface area contributed by atoms with Gasteiger partial charge in [0.1, 0.15) is 0 Å². The summed E-state index contributed by atoms with van der Waals surface area (Å²) in [5, 5.41) is 0. The molecule has 0 aromatic carbocycles. The lowest BCUT2D eigenvalue weighted by Crippen LogP contribution is -2.51. The van der Waals surface area contributed by atoms with Gasteiger partial charge in [0.05, 0.1) is 6.42 Å². The second-order valence-electron chi connectivity index (χ2n) is 4.33. The predicted octanol–water partition coefficient (Wildman–Crippen LogP) is 0.904. The highest BCUT2D eigenvalue weighted by Gasteiger charge is 2.29. The maximum Gasteiger partial charge on any atom is 0.390 e. The molecule has 1 aliphatic heterocycles. The number of hydrogen-bond acceptors (Lipinski definition) is 3. The lowest BCUT2D eigenvalue weighted by molar-refractivity contribution is -0.138. The van der Waals surface area contributed by atoms with E-state index in [1.807, 2.05) is 11.8 Å². The van der Waals surface area contributed by atoms with Crippen molar-refractivity contribution < 1.29 is 13.2 Å². The van der Waals surface area contributed by atoms with E-state index in [9.17, 15) is 13.2 Å². The second kappa shape index (κ2) is 5.84. The average Bonchev–Trinajstić information content (AvgIpc) is 2.25. The zero-order valence-corrected chi connectivity index (χ0v) is 9.63. The van der Waals surface area contributed by atoms with Gasteiger partial charge in [0.2, 0.25) is 0 Å². The summed E-state index contributed by atoms with van der Waals surface area (Å²) < 4.78 is 36.0. The second-order valence-corrected chi connectivity index (χ2v) is 4.33. The van der Waals surface area contributed by atoms with Crippen LogP contribution >= 0.6 is 0 Å². The summed E-state index contributed by atoms with van der Waals surface area (Å²) in [6.07, 6.45) is -4.75. The quantitative estimate of drug-likeness (QED) is 0.791. The van der Waals surface area contributed by atoms with Crippen molar-refractivity contribution in [2.45, 2.75) is 25.6 Å². The van der Waals surface area contributed by atoms with Gasteiger partial charge in [-0.15, -0.1) is 0 Å². The largest absolute Gasteiger partial charge is 0.390 e. The van der Waals surface area contributed by atoms with E-state index < -0.39 is 12.6 Å². The van der Waals surface area contributed by atoms with Crippen LogP contribution in [0.2, 0.25) is 0 Å². The van der Waals surface area contributed by atoms with Crippen LogP contribution < -0.4 is 5.73 Å². The molecule has 1 heterocycles. The van der Waals surface area contributed by atoms with Gasteiger partial charge in [-0.1, -0.05) is 0 Å². The van der Waals surface area contributed by atoms with E-state index in [1.165, 1.54) is 0 Å². The molecule has 96 valence electrons. The van der Waals surface area contributed by atoms with Crippen LogP contribution in [-0.4, -0.2) is 61.3 Å². The van der Waals surface area contributed by atoms with Crippen molar-refractivity contribution in [2.24, 2.45) is 5.73 Å². The van der Waals surface area contributed by atoms with E-state index in [1.54, 1.807) is 0 Å². The number of nitrogens with two attached hydrogens (primary N) is 1. The molecule has 6 heteroatoms. The van der Waals surface area contributed by atoms with Crippen molar-refractivity contribution in [3.8, 4) is 0 Å². The summed E-state index contributed by atoms with van der Waals surface area (Å²) in [6, 6.07) is 0.324. The Labute approximate surface area is 94.4 Å². The molecule has 1 atom stereocenters. The lowest BCUT2D eigenvalue weighted by Gasteiger charge is -2.37. The van der Waals surface area contributed by atoms with Gasteiger partial charge in [-0.2, -0.15) is 13.2 Å². The van der Waals surface area contributed by atoms with Crippen molar-refractivity contribution in [1.82, 2.24) is 9.80 Å². The summed E-state index contributed by atoms with van der Waals surface area (Å²) in [5.74, 6) is 0. The van der Waals surface area contributed by atoms with Crippen LogP contribution in [0.15, 0.2) is 0 Å². The molecule has 0 aliphatic carbocycles. The van der Waals surface area contributed by atoms with Gasteiger partial charge >= 0.3 is 6.18 Å². The SMILES string of the molecule is CC(CN)N1CCN(CCC(F)(F)F)CC1. The Morgan fingerprint density at radius 3 is 2.19 bits per heavy atom. The molecule has 0 radical (unpaired) electrons. The fraction of sp³-hybridized carbons (Fsp3) is 1.00. The molecule has 16 heavy (non-hydrogen) atoms. The molecule has 0 aromatic heterocycles. The molecular weight excluding hydrogens is 219 g/mol. The van der Waals surface area contributed by atoms with E-state index in [0.29, 0.717) is 25.7 Å². The van der Waals surface area contributed by atoms with E-state index in [-0.39, 0.29) is 6.54 Å². The Morgan fingerprint density at radius 2 is 1.75 bits per heavy atom. The van der Waals surface area contributed by atoms with Gasteiger partial charge in [-0.05, 0) is 6.92 Å². The van der Waals surface area contributed by atoms with Crippen LogP contribution in [-0.2, 0) is 0 Å². The summed E-state index contributed by atoms with van der Waals surface area (Å²) in [4.78, 5) is 4.09. The van der Waals surface area contributed by atoms with Gasteiger partial charge in [-0.25, -0.2) is 0 Å². The maximum atomic E-state index is 12.0. The topological polar surface area (TPSA) is 32.5 Å². The third-order valence-electron chi connectivity index (χ3n) is 3.08. The van der Waals surface area contributed by atoms with Crippen LogP contribution in [0.1, 0.15) is 13.3 Å². The minimum atomic E-state index is -4.04. The standard InChI is InChI=1S/C10H20F3N3/c1-9(8-14)16-6-4-15(5-7-16)3-2-10(11,12)13/h9H,2-8,14H2,1H3. The molecule has 0 aromatic rings. The monoisotopic (exact) mass is 239 g/mol. The highest BCUT2D eigenvalue weighted by atomic mass is 19.4. The molecule has 0 saturated carbocycles. The van der Waals surface area contributed by atoms with Crippen molar-refractivity contribution in [3.63, 3.8) is 0 Å². The fourth-order valence-electron chi connectivity index (χ4n) is 1.86. The molecule has 0 spiro atoms. The molecule has 1 rings (SSSR count). The average molecular weight is 239 g/mol. The van der Waals surface area contributed by atoms with Crippen LogP contribution in [0, 0.1) is 0 Å². The van der Waals surface area contributed by atoms with Crippen molar-refractivity contribution in [3.05, 3.63) is 0 Å². The first-order valence-electron chi connectivity index (χ1n) is 5.65. The molecule has 1 saturated heterocycles. The van der Waals surface area contributed by atoms with Crippen LogP contribution in [0.5, 0.6) is 0 Å². The van der Waals surface area contributed by atoms with E-state index >= 15 is 0 Å². The predicted molar refractivity (Wildman–Crippen MR) is 57.2 cm³/mol. The normalized spacial score (nSPS) is 22.3. The summed E-state index contributed by atoms with van der Waals surface area (Å²) in [6.45, 7) is 5.82. The molecule has 1 aliphatic rings. The number of nitrogens with zero attached hydrogens (tertiary/aromatic N) is 2. The highest BCUT2D eigenvalue weighted by molar-refractivity contribution is 4.76. The molecular formula is C10H20F3N3. The van der Waals surface area contributed by atoms with E-state index in [4.69, 9.17) is 5.73 Å². The summed E-state index contributed by atoms with van der Waals surface area (Å²) in [7, 11) is 0. The smallest absolute Gasteiger partial charge is 0.329 e. The first-order chi connectivity index (χ1) is 7.42. The van der Waals surface area contributed by atoms with Gasteiger partial charge in [0.15, 0.2) is 0 Å². The summed E-state index contributed by atoms with van der Waals surface area (Å²) in [5.41, 5.74) is 5.55. The number of alkyl halides is 3. The fourth-order valence-corrected chi connectivity index (χ4v) is 1.86. The Hall–Kier alpha value is -0.330. The first-order valence-corrected chi connectivity index (χ1v) is 5.65. The van der Waals surface area contributed by atoms with Gasteiger partial charge in [0, 0.05) is 45.3 Å². The van der Waals surface area contributed by atoms with Gasteiger partial charge in [0.25, 0.3) is 0 Å². The molecule has 1 fully saturated rings. The minimum Gasteiger partial charge on any atom is -0.329 e. The van der Waals surface area contributed by atoms with Crippen LogP contribution in [0.4, 0.5) is 13.2 Å². The van der Waals surface area contributed by atoms with Crippen molar-refractivity contribution >= 4 is 0 Å². The Morgan fingerprint density at radius 1 is 1.19 bits per heavy atom. The molecule has 2 N–H and O–H groups in total. The first kappa shape index (κ1) is 13.7. The third-order valence-corrected chi connectivity index (χ3v) is 3.08. The highest BCUT2D eigenvalue weighted by Crippen LogP contribution is 2.20. The Kier molecular flexibility index (Phi) is 5.01. The van der Waals surface area contributed by atoms with Crippen LogP contribution in [0.3, 0.4) is 0 Å². The zero-order chi connectivity index (χ0) is 12.2.